The molecule has 11 heteroatoms. The Hall–Kier alpha value is -4.54. The summed E-state index contributed by atoms with van der Waals surface area (Å²) in [6, 6.07) is 14.4. The lowest BCUT2D eigenvalue weighted by Crippen LogP contribution is -2.41. The number of anilines is 4. The fourth-order valence-electron chi connectivity index (χ4n) is 4.50. The summed E-state index contributed by atoms with van der Waals surface area (Å²) in [7, 11) is 0. The first kappa shape index (κ1) is 24.2. The zero-order valence-corrected chi connectivity index (χ0v) is 20.7. The van der Waals surface area contributed by atoms with Crippen LogP contribution in [0, 0.1) is 0 Å². The van der Waals surface area contributed by atoms with Gasteiger partial charge in [-0.05, 0) is 49.7 Å². The van der Waals surface area contributed by atoms with Crippen molar-refractivity contribution in [3.05, 3.63) is 79.7 Å². The molecule has 1 aliphatic rings. The van der Waals surface area contributed by atoms with Gasteiger partial charge in [0.2, 0.25) is 5.95 Å². The third kappa shape index (κ3) is 4.80. The van der Waals surface area contributed by atoms with E-state index in [4.69, 9.17) is 4.74 Å². The van der Waals surface area contributed by atoms with Crippen molar-refractivity contribution in [3.63, 3.8) is 0 Å². The van der Waals surface area contributed by atoms with E-state index in [1.165, 1.54) is 0 Å². The van der Waals surface area contributed by atoms with Crippen LogP contribution in [0.25, 0.3) is 10.9 Å². The Morgan fingerprint density at radius 2 is 1.78 bits per heavy atom. The van der Waals surface area contributed by atoms with Gasteiger partial charge >= 0.3 is 5.69 Å². The van der Waals surface area contributed by atoms with Crippen LogP contribution in [0.15, 0.2) is 62.9 Å². The topological polar surface area (TPSA) is 137 Å². The van der Waals surface area contributed by atoms with Gasteiger partial charge in [0.25, 0.3) is 11.1 Å². The Morgan fingerprint density at radius 3 is 2.54 bits per heavy atom. The lowest BCUT2D eigenvalue weighted by atomic mass is 10.2. The van der Waals surface area contributed by atoms with Crippen LogP contribution in [0.2, 0.25) is 0 Å². The summed E-state index contributed by atoms with van der Waals surface area (Å²) < 4.78 is 7.61. The zero-order chi connectivity index (χ0) is 25.9. The summed E-state index contributed by atoms with van der Waals surface area (Å²) in [5.41, 5.74) is 0.783. The van der Waals surface area contributed by atoms with E-state index in [9.17, 15) is 14.4 Å². The molecule has 0 bridgehead atoms. The summed E-state index contributed by atoms with van der Waals surface area (Å²) in [5.74, 6) is 1.52. The molecule has 192 valence electrons. The van der Waals surface area contributed by atoms with Crippen LogP contribution in [0.5, 0.6) is 5.75 Å². The number of unbranched alkanes of at least 4 members (excludes halogenated alkanes) is 1. The van der Waals surface area contributed by atoms with Gasteiger partial charge in [0.05, 0.1) is 10.9 Å². The SMILES string of the molecule is CCCCn1c2c(c(=O)[nH]c1=O)N(CC)C(COc1ccc(Nc3nc4ccccc4c(=O)[nH]3)cc1)N2. The first-order valence-electron chi connectivity index (χ1n) is 12.4. The number of fused-ring (bicyclic) bond motifs is 2. The van der Waals surface area contributed by atoms with Gasteiger partial charge < -0.3 is 20.3 Å². The number of nitrogens with zero attached hydrogens (tertiary/aromatic N) is 3. The largest absolute Gasteiger partial charge is 0.489 e. The van der Waals surface area contributed by atoms with E-state index >= 15 is 0 Å². The minimum absolute atomic E-state index is 0.211. The highest BCUT2D eigenvalue weighted by atomic mass is 16.5. The van der Waals surface area contributed by atoms with Gasteiger partial charge in [0.15, 0.2) is 0 Å². The predicted molar refractivity (Wildman–Crippen MR) is 144 cm³/mol. The molecule has 4 N–H and O–H groups in total. The van der Waals surface area contributed by atoms with Crippen LogP contribution in [0.4, 0.5) is 23.1 Å². The van der Waals surface area contributed by atoms with Crippen molar-refractivity contribution in [2.45, 2.75) is 39.4 Å². The van der Waals surface area contributed by atoms with Crippen molar-refractivity contribution in [3.8, 4) is 5.75 Å². The van der Waals surface area contributed by atoms with Gasteiger partial charge in [0, 0.05) is 18.8 Å². The maximum atomic E-state index is 12.6. The number of aromatic amines is 2. The second-order valence-electron chi connectivity index (χ2n) is 8.80. The number of ether oxygens (including phenoxy) is 1. The molecule has 1 atom stereocenters. The molecule has 11 nitrogen and oxygen atoms in total. The van der Waals surface area contributed by atoms with Crippen molar-refractivity contribution in [1.82, 2.24) is 19.5 Å². The van der Waals surface area contributed by atoms with Crippen LogP contribution in [0.3, 0.4) is 0 Å². The quantitative estimate of drug-likeness (QED) is 0.274. The van der Waals surface area contributed by atoms with E-state index in [0.717, 1.165) is 18.5 Å². The Morgan fingerprint density at radius 1 is 1.00 bits per heavy atom. The van der Waals surface area contributed by atoms with Gasteiger partial charge in [-0.2, -0.15) is 0 Å². The lowest BCUT2D eigenvalue weighted by molar-refractivity contribution is 0.296. The van der Waals surface area contributed by atoms with Gasteiger partial charge in [-0.15, -0.1) is 0 Å². The molecule has 2 aromatic heterocycles. The number of para-hydroxylation sites is 1. The standard InChI is InChI=1S/C26H29N7O4/c1-3-5-14-33-22-21(24(35)31-26(33)36)32(4-2)20(29-22)15-37-17-12-10-16(11-13-17)27-25-28-19-9-7-6-8-18(19)23(34)30-25/h6-13,20,29H,3-5,14-15H2,1-2H3,(H,31,35,36)(H2,27,28,30,34). The lowest BCUT2D eigenvalue weighted by Gasteiger charge is -2.24. The van der Waals surface area contributed by atoms with Gasteiger partial charge in [-0.1, -0.05) is 25.5 Å². The molecule has 0 saturated heterocycles. The highest BCUT2D eigenvalue weighted by molar-refractivity contribution is 5.78. The van der Waals surface area contributed by atoms with E-state index in [2.05, 4.69) is 32.5 Å². The average Bonchev–Trinajstić information content (AvgIpc) is 3.27. The number of hydrogen-bond acceptors (Lipinski definition) is 8. The van der Waals surface area contributed by atoms with Crippen LogP contribution >= 0.6 is 0 Å². The smallest absolute Gasteiger partial charge is 0.330 e. The minimum atomic E-state index is -0.410. The molecule has 4 aromatic rings. The van der Waals surface area contributed by atoms with E-state index in [0.29, 0.717) is 47.2 Å². The number of likely N-dealkylation sites (N-methyl/N-ethyl adjacent to an activating group) is 1. The van der Waals surface area contributed by atoms with Crippen molar-refractivity contribution in [2.75, 3.05) is 28.7 Å². The predicted octanol–water partition coefficient (Wildman–Crippen LogP) is 2.97. The van der Waals surface area contributed by atoms with Crippen LogP contribution in [-0.2, 0) is 6.54 Å². The first-order valence-corrected chi connectivity index (χ1v) is 12.4. The van der Waals surface area contributed by atoms with Gasteiger partial charge in [-0.3, -0.25) is 24.1 Å². The summed E-state index contributed by atoms with van der Waals surface area (Å²) >= 11 is 0. The molecule has 0 saturated carbocycles. The molecule has 5 rings (SSSR count). The normalized spacial score (nSPS) is 14.4. The van der Waals surface area contributed by atoms with E-state index in [-0.39, 0.29) is 18.3 Å². The fraction of sp³-hybridized carbons (Fsp3) is 0.308. The molecule has 0 amide bonds. The third-order valence-corrected chi connectivity index (χ3v) is 6.36. The highest BCUT2D eigenvalue weighted by Gasteiger charge is 2.33. The van der Waals surface area contributed by atoms with Crippen molar-refractivity contribution >= 4 is 34.0 Å². The monoisotopic (exact) mass is 503 g/mol. The van der Waals surface area contributed by atoms with Crippen molar-refractivity contribution in [1.29, 1.82) is 0 Å². The molecular weight excluding hydrogens is 474 g/mol. The molecule has 3 heterocycles. The van der Waals surface area contributed by atoms with E-state index in [1.54, 1.807) is 22.8 Å². The van der Waals surface area contributed by atoms with Gasteiger partial charge in [-0.25, -0.2) is 9.78 Å². The first-order chi connectivity index (χ1) is 18.0. The molecule has 37 heavy (non-hydrogen) atoms. The molecule has 0 spiro atoms. The zero-order valence-electron chi connectivity index (χ0n) is 20.7. The summed E-state index contributed by atoms with van der Waals surface area (Å²) in [6.07, 6.45) is 1.46. The maximum absolute atomic E-state index is 12.6. The van der Waals surface area contributed by atoms with Crippen LogP contribution in [-0.4, -0.2) is 38.8 Å². The Balaban J connectivity index is 1.28. The summed E-state index contributed by atoms with van der Waals surface area (Å²) in [4.78, 5) is 48.9. The van der Waals surface area contributed by atoms with Crippen LogP contribution in [0.1, 0.15) is 26.7 Å². The maximum Gasteiger partial charge on any atom is 0.330 e. The summed E-state index contributed by atoms with van der Waals surface area (Å²) in [5, 5.41) is 6.96. The minimum Gasteiger partial charge on any atom is -0.489 e. The van der Waals surface area contributed by atoms with E-state index in [1.807, 2.05) is 42.2 Å². The number of rotatable bonds is 9. The van der Waals surface area contributed by atoms with Crippen molar-refractivity contribution < 1.29 is 4.74 Å². The second kappa shape index (κ2) is 10.2. The molecule has 0 fully saturated rings. The number of benzene rings is 2. The van der Waals surface area contributed by atoms with Crippen molar-refractivity contribution in [2.24, 2.45) is 0 Å². The van der Waals surface area contributed by atoms with Gasteiger partial charge in [0.1, 0.15) is 30.0 Å². The second-order valence-corrected chi connectivity index (χ2v) is 8.80. The molecule has 1 aliphatic heterocycles. The molecule has 2 aromatic carbocycles. The molecule has 1 unspecified atom stereocenters. The molecule has 0 radical (unpaired) electrons. The fourth-order valence-corrected chi connectivity index (χ4v) is 4.50. The Kier molecular flexibility index (Phi) is 6.67. The van der Waals surface area contributed by atoms with Crippen LogP contribution < -0.4 is 37.1 Å². The molecule has 0 aliphatic carbocycles. The number of hydrogen-bond donors (Lipinski definition) is 4. The van der Waals surface area contributed by atoms with E-state index < -0.39 is 11.2 Å². The highest BCUT2D eigenvalue weighted by Crippen LogP contribution is 2.30. The Labute approximate surface area is 212 Å². The number of aromatic nitrogens is 4. The third-order valence-electron chi connectivity index (χ3n) is 6.36. The molecular formula is C26H29N7O4. The number of nitrogens with one attached hydrogen (secondary N) is 4. The number of H-pyrrole nitrogens is 2. The Bertz CT molecular complexity index is 1590. The average molecular weight is 504 g/mol. The summed E-state index contributed by atoms with van der Waals surface area (Å²) in [6.45, 7) is 5.37.